The van der Waals surface area contributed by atoms with Crippen molar-refractivity contribution < 1.29 is 0 Å². The van der Waals surface area contributed by atoms with Gasteiger partial charge in [-0.05, 0) is 42.4 Å². The lowest BCUT2D eigenvalue weighted by Gasteiger charge is -2.27. The highest BCUT2D eigenvalue weighted by atomic mass is 14.9. The highest BCUT2D eigenvalue weighted by Gasteiger charge is 2.31. The molecule has 0 aliphatic heterocycles. The lowest BCUT2D eigenvalue weighted by molar-refractivity contribution is 0.268. The molecule has 0 bridgehead atoms. The lowest BCUT2D eigenvalue weighted by Crippen LogP contribution is -2.31. The molecule has 1 aliphatic rings. The number of benzene rings is 1. The van der Waals surface area contributed by atoms with Gasteiger partial charge in [0.05, 0.1) is 11.6 Å². The fourth-order valence-corrected chi connectivity index (χ4v) is 3.00. The van der Waals surface area contributed by atoms with Gasteiger partial charge in [0.25, 0.3) is 0 Å². The van der Waals surface area contributed by atoms with Gasteiger partial charge in [0, 0.05) is 13.1 Å². The van der Waals surface area contributed by atoms with Crippen molar-refractivity contribution in [2.45, 2.75) is 45.6 Å². The van der Waals surface area contributed by atoms with Crippen molar-refractivity contribution in [2.75, 3.05) is 6.54 Å². The molecular formula is C16H22N2. The van der Waals surface area contributed by atoms with Crippen molar-refractivity contribution >= 4 is 0 Å². The molecule has 1 aromatic carbocycles. The Morgan fingerprint density at radius 3 is 2.78 bits per heavy atom. The van der Waals surface area contributed by atoms with Gasteiger partial charge in [0.1, 0.15) is 0 Å². The standard InChI is InChI=1S/C16H22N2/c1-2-16(8-3-4-9-16)13-18-12-15-7-5-6-14(10-15)11-17/h5-7,10,18H,2-4,8-9,12-13H2,1H3. The Bertz CT molecular complexity index is 425. The first kappa shape index (κ1) is 13.1. The predicted octanol–water partition coefficient (Wildman–Crippen LogP) is 3.62. The summed E-state index contributed by atoms with van der Waals surface area (Å²) in [6.07, 6.45) is 6.79. The van der Waals surface area contributed by atoms with Crippen LogP contribution in [0.4, 0.5) is 0 Å². The zero-order valence-electron chi connectivity index (χ0n) is 11.2. The van der Waals surface area contributed by atoms with Crippen LogP contribution in [0.15, 0.2) is 24.3 Å². The van der Waals surface area contributed by atoms with Crippen molar-refractivity contribution in [3.05, 3.63) is 35.4 Å². The van der Waals surface area contributed by atoms with Crippen LogP contribution in [0.3, 0.4) is 0 Å². The van der Waals surface area contributed by atoms with Gasteiger partial charge in [0.15, 0.2) is 0 Å². The molecule has 1 aromatic rings. The summed E-state index contributed by atoms with van der Waals surface area (Å²) in [4.78, 5) is 0. The number of nitriles is 1. The largest absolute Gasteiger partial charge is 0.312 e. The zero-order chi connectivity index (χ0) is 12.8. The first-order valence-corrected chi connectivity index (χ1v) is 6.98. The highest BCUT2D eigenvalue weighted by molar-refractivity contribution is 5.32. The van der Waals surface area contributed by atoms with Crippen molar-refractivity contribution in [2.24, 2.45) is 5.41 Å². The van der Waals surface area contributed by atoms with Crippen LogP contribution in [0.5, 0.6) is 0 Å². The van der Waals surface area contributed by atoms with Crippen molar-refractivity contribution in [1.82, 2.24) is 5.32 Å². The van der Waals surface area contributed by atoms with Gasteiger partial charge in [-0.1, -0.05) is 31.9 Å². The number of nitrogens with one attached hydrogen (secondary N) is 1. The Labute approximate surface area is 110 Å². The summed E-state index contributed by atoms with van der Waals surface area (Å²) in [6.45, 7) is 4.29. The SMILES string of the molecule is CCC1(CNCc2cccc(C#N)c2)CCCC1. The molecule has 2 nitrogen and oxygen atoms in total. The second-order valence-electron chi connectivity index (χ2n) is 5.48. The van der Waals surface area contributed by atoms with Crippen LogP contribution in [0, 0.1) is 16.7 Å². The topological polar surface area (TPSA) is 35.8 Å². The van der Waals surface area contributed by atoms with Gasteiger partial charge < -0.3 is 5.32 Å². The molecule has 0 saturated heterocycles. The number of hydrogen-bond donors (Lipinski definition) is 1. The van der Waals surface area contributed by atoms with Crippen LogP contribution in [-0.2, 0) is 6.54 Å². The Morgan fingerprint density at radius 2 is 2.11 bits per heavy atom. The molecule has 0 radical (unpaired) electrons. The zero-order valence-corrected chi connectivity index (χ0v) is 11.2. The quantitative estimate of drug-likeness (QED) is 0.856. The monoisotopic (exact) mass is 242 g/mol. The molecule has 0 atom stereocenters. The summed E-state index contributed by atoms with van der Waals surface area (Å²) in [5.74, 6) is 0. The molecule has 1 aliphatic carbocycles. The third-order valence-corrected chi connectivity index (χ3v) is 4.30. The minimum Gasteiger partial charge on any atom is -0.312 e. The van der Waals surface area contributed by atoms with Gasteiger partial charge in [-0.15, -0.1) is 0 Å². The van der Waals surface area contributed by atoms with Gasteiger partial charge in [0.2, 0.25) is 0 Å². The van der Waals surface area contributed by atoms with E-state index in [2.05, 4.69) is 24.4 Å². The first-order valence-electron chi connectivity index (χ1n) is 6.98. The van der Waals surface area contributed by atoms with Crippen molar-refractivity contribution in [3.8, 4) is 6.07 Å². The second kappa shape index (κ2) is 6.02. The molecule has 0 amide bonds. The third kappa shape index (κ3) is 3.11. The van der Waals surface area contributed by atoms with Crippen molar-refractivity contribution in [3.63, 3.8) is 0 Å². The summed E-state index contributed by atoms with van der Waals surface area (Å²) in [7, 11) is 0. The molecule has 0 unspecified atom stereocenters. The number of hydrogen-bond acceptors (Lipinski definition) is 2. The molecule has 1 saturated carbocycles. The molecule has 2 rings (SSSR count). The Hall–Kier alpha value is -1.33. The fraction of sp³-hybridized carbons (Fsp3) is 0.562. The maximum atomic E-state index is 8.87. The maximum Gasteiger partial charge on any atom is 0.0991 e. The molecule has 2 heteroatoms. The van der Waals surface area contributed by atoms with E-state index in [4.69, 9.17) is 5.26 Å². The lowest BCUT2D eigenvalue weighted by atomic mass is 9.83. The van der Waals surface area contributed by atoms with Gasteiger partial charge in [-0.3, -0.25) is 0 Å². The van der Waals surface area contributed by atoms with E-state index in [-0.39, 0.29) is 0 Å². The van der Waals surface area contributed by atoms with E-state index in [1.807, 2.05) is 18.2 Å². The average Bonchev–Trinajstić information content (AvgIpc) is 2.88. The first-order chi connectivity index (χ1) is 8.78. The fourth-order valence-electron chi connectivity index (χ4n) is 3.00. The summed E-state index contributed by atoms with van der Waals surface area (Å²) in [5.41, 5.74) is 2.49. The molecule has 18 heavy (non-hydrogen) atoms. The van der Waals surface area contributed by atoms with E-state index in [0.717, 1.165) is 18.7 Å². The van der Waals surface area contributed by atoms with Crippen LogP contribution in [-0.4, -0.2) is 6.54 Å². The minimum atomic E-state index is 0.535. The van der Waals surface area contributed by atoms with Gasteiger partial charge in [-0.2, -0.15) is 5.26 Å². The average molecular weight is 242 g/mol. The van der Waals surface area contributed by atoms with Crippen LogP contribution in [0.25, 0.3) is 0 Å². The smallest absolute Gasteiger partial charge is 0.0991 e. The van der Waals surface area contributed by atoms with Crippen LogP contribution >= 0.6 is 0 Å². The molecule has 1 fully saturated rings. The van der Waals surface area contributed by atoms with E-state index >= 15 is 0 Å². The van der Waals surface area contributed by atoms with Crippen LogP contribution < -0.4 is 5.32 Å². The van der Waals surface area contributed by atoms with Crippen LogP contribution in [0.1, 0.15) is 50.2 Å². The molecule has 0 spiro atoms. The van der Waals surface area contributed by atoms with Gasteiger partial charge in [-0.25, -0.2) is 0 Å². The third-order valence-electron chi connectivity index (χ3n) is 4.30. The molecule has 0 heterocycles. The number of nitrogens with zero attached hydrogens (tertiary/aromatic N) is 1. The van der Waals surface area contributed by atoms with E-state index in [1.54, 1.807) is 0 Å². The van der Waals surface area contributed by atoms with Crippen molar-refractivity contribution in [1.29, 1.82) is 5.26 Å². The minimum absolute atomic E-state index is 0.535. The molecular weight excluding hydrogens is 220 g/mol. The normalized spacial score (nSPS) is 17.6. The summed E-state index contributed by atoms with van der Waals surface area (Å²) >= 11 is 0. The number of rotatable bonds is 5. The molecule has 1 N–H and O–H groups in total. The second-order valence-corrected chi connectivity index (χ2v) is 5.48. The summed E-state index contributed by atoms with van der Waals surface area (Å²) < 4.78 is 0. The molecule has 96 valence electrons. The Kier molecular flexibility index (Phi) is 4.38. The predicted molar refractivity (Wildman–Crippen MR) is 74.1 cm³/mol. The summed E-state index contributed by atoms with van der Waals surface area (Å²) in [6, 6.07) is 10.1. The van der Waals surface area contributed by atoms with E-state index < -0.39 is 0 Å². The van der Waals surface area contributed by atoms with E-state index in [9.17, 15) is 0 Å². The van der Waals surface area contributed by atoms with Crippen LogP contribution in [0.2, 0.25) is 0 Å². The van der Waals surface area contributed by atoms with Gasteiger partial charge >= 0.3 is 0 Å². The van der Waals surface area contributed by atoms with E-state index in [0.29, 0.717) is 5.41 Å². The maximum absolute atomic E-state index is 8.87. The summed E-state index contributed by atoms with van der Waals surface area (Å²) in [5, 5.41) is 12.4. The Morgan fingerprint density at radius 1 is 1.33 bits per heavy atom. The highest BCUT2D eigenvalue weighted by Crippen LogP contribution is 2.40. The molecule has 0 aromatic heterocycles. The van der Waals surface area contributed by atoms with E-state index in [1.165, 1.54) is 37.7 Å². The Balaban J connectivity index is 1.86.